The highest BCUT2D eigenvalue weighted by molar-refractivity contribution is 6.43. The number of rotatable bonds is 0. The van der Waals surface area contributed by atoms with Gasteiger partial charge in [0, 0.05) is 5.39 Å². The molecule has 2 aliphatic rings. The molecule has 2 heterocycles. The predicted octanol–water partition coefficient (Wildman–Crippen LogP) is 3.87. The van der Waals surface area contributed by atoms with Gasteiger partial charge >= 0.3 is 0 Å². The molecule has 0 spiro atoms. The number of aryl methyl sites for hydroxylation is 1. The average molecular weight is 253 g/mol. The Bertz CT molecular complexity index is 724. The normalized spacial score (nSPS) is 17.9. The molecule has 19 heavy (non-hydrogen) atoms. The minimum absolute atomic E-state index is 0.662. The second-order valence-corrected chi connectivity index (χ2v) is 5.25. The Balaban J connectivity index is 1.95. The van der Waals surface area contributed by atoms with Crippen LogP contribution >= 0.6 is 0 Å². The Morgan fingerprint density at radius 3 is 2.89 bits per heavy atom. The van der Waals surface area contributed by atoms with Crippen molar-refractivity contribution in [2.45, 2.75) is 32.6 Å². The van der Waals surface area contributed by atoms with Crippen LogP contribution in [0.4, 0.5) is 5.69 Å². The molecular weight excluding hydrogens is 238 g/mol. The third-order valence-corrected chi connectivity index (χ3v) is 3.80. The quantitative estimate of drug-likeness (QED) is 0.761. The summed E-state index contributed by atoms with van der Waals surface area (Å²) in [5, 5.41) is 5.37. The van der Waals surface area contributed by atoms with E-state index in [1.54, 1.807) is 0 Å². The molecule has 1 fully saturated rings. The summed E-state index contributed by atoms with van der Waals surface area (Å²) in [7, 11) is 0. The Morgan fingerprint density at radius 2 is 2.00 bits per heavy atom. The van der Waals surface area contributed by atoms with Gasteiger partial charge in [0.15, 0.2) is 0 Å². The van der Waals surface area contributed by atoms with Crippen LogP contribution in [0.15, 0.2) is 28.3 Å². The maximum atomic E-state index is 5.56. The van der Waals surface area contributed by atoms with Crippen LogP contribution < -0.4 is 4.84 Å². The van der Waals surface area contributed by atoms with Crippen LogP contribution in [0.5, 0.6) is 5.88 Å². The lowest BCUT2D eigenvalue weighted by Gasteiger charge is -2.12. The lowest BCUT2D eigenvalue weighted by atomic mass is 9.96. The van der Waals surface area contributed by atoms with E-state index < -0.39 is 0 Å². The number of aromatic amines is 1. The van der Waals surface area contributed by atoms with E-state index in [1.807, 2.05) is 0 Å². The van der Waals surface area contributed by atoms with E-state index in [-0.39, 0.29) is 0 Å². The molecule has 0 amide bonds. The summed E-state index contributed by atoms with van der Waals surface area (Å²) < 4.78 is 0. The summed E-state index contributed by atoms with van der Waals surface area (Å²) in [6.45, 7) is 2.09. The van der Waals surface area contributed by atoms with Crippen molar-refractivity contribution in [1.29, 1.82) is 0 Å². The van der Waals surface area contributed by atoms with Crippen molar-refractivity contribution >= 4 is 28.0 Å². The topological polar surface area (TPSA) is 49.7 Å². The van der Waals surface area contributed by atoms with Gasteiger partial charge in [0.25, 0.3) is 5.88 Å². The molecule has 0 saturated heterocycles. The fourth-order valence-corrected chi connectivity index (χ4v) is 2.77. The Morgan fingerprint density at radius 1 is 1.16 bits per heavy atom. The number of aromatic nitrogens is 1. The van der Waals surface area contributed by atoms with E-state index in [2.05, 4.69) is 35.3 Å². The van der Waals surface area contributed by atoms with Gasteiger partial charge in [-0.3, -0.25) is 0 Å². The maximum absolute atomic E-state index is 5.56. The van der Waals surface area contributed by atoms with Crippen molar-refractivity contribution in [3.05, 3.63) is 23.8 Å². The smallest absolute Gasteiger partial charge is 0.253 e. The highest BCUT2D eigenvalue weighted by Crippen LogP contribution is 2.39. The minimum Gasteiger partial charge on any atom is -0.336 e. The highest BCUT2D eigenvalue weighted by atomic mass is 16.6. The lowest BCUT2D eigenvalue weighted by Crippen LogP contribution is -2.18. The summed E-state index contributed by atoms with van der Waals surface area (Å²) in [6, 6.07) is 6.29. The van der Waals surface area contributed by atoms with E-state index >= 15 is 0 Å². The van der Waals surface area contributed by atoms with Gasteiger partial charge in [-0.2, -0.15) is 0 Å². The van der Waals surface area contributed by atoms with Crippen LogP contribution in [0.3, 0.4) is 0 Å². The van der Waals surface area contributed by atoms with Gasteiger partial charge in [-0.25, -0.2) is 4.99 Å². The molecule has 1 N–H and O–H groups in total. The second kappa shape index (κ2) is 3.95. The molecule has 4 rings (SSSR count). The zero-order valence-electron chi connectivity index (χ0n) is 10.9. The first-order chi connectivity index (χ1) is 9.31. The van der Waals surface area contributed by atoms with Gasteiger partial charge in [0.05, 0.1) is 11.2 Å². The fraction of sp³-hybridized carbons (Fsp3) is 0.333. The molecule has 4 heteroatoms. The summed E-state index contributed by atoms with van der Waals surface area (Å²) in [5.41, 5.74) is 5.27. The lowest BCUT2D eigenvalue weighted by molar-refractivity contribution is 0.332. The van der Waals surface area contributed by atoms with Gasteiger partial charge in [-0.1, -0.05) is 16.8 Å². The van der Waals surface area contributed by atoms with Gasteiger partial charge in [-0.15, -0.1) is 0 Å². The van der Waals surface area contributed by atoms with E-state index in [9.17, 15) is 0 Å². The maximum Gasteiger partial charge on any atom is 0.253 e. The Hall–Kier alpha value is -2.10. The number of H-pyrrole nitrogens is 1. The second-order valence-electron chi connectivity index (χ2n) is 5.25. The first-order valence-electron chi connectivity index (χ1n) is 6.75. The van der Waals surface area contributed by atoms with E-state index in [4.69, 9.17) is 9.83 Å². The van der Waals surface area contributed by atoms with Crippen molar-refractivity contribution in [3.8, 4) is 5.88 Å². The summed E-state index contributed by atoms with van der Waals surface area (Å²) >= 11 is 0. The zero-order chi connectivity index (χ0) is 12.8. The zero-order valence-corrected chi connectivity index (χ0v) is 10.9. The molecule has 1 aromatic heterocycles. The van der Waals surface area contributed by atoms with Crippen molar-refractivity contribution in [1.82, 2.24) is 4.98 Å². The molecule has 0 unspecified atom stereocenters. The molecule has 0 radical (unpaired) electrons. The average Bonchev–Trinajstić information content (AvgIpc) is 2.65. The van der Waals surface area contributed by atoms with Crippen molar-refractivity contribution < 1.29 is 4.84 Å². The Labute approximate surface area is 111 Å². The monoisotopic (exact) mass is 253 g/mol. The van der Waals surface area contributed by atoms with Crippen molar-refractivity contribution in [2.24, 2.45) is 10.1 Å². The number of hydrogen-bond acceptors (Lipinski definition) is 3. The minimum atomic E-state index is 0.662. The molecule has 4 nitrogen and oxygen atoms in total. The number of nitrogens with one attached hydrogen (secondary N) is 1. The molecule has 1 aliphatic heterocycles. The number of aliphatic imine (C=N–C) groups is 1. The van der Waals surface area contributed by atoms with Gasteiger partial charge in [0.1, 0.15) is 11.4 Å². The number of benzene rings is 1. The van der Waals surface area contributed by atoms with Gasteiger partial charge in [-0.05, 0) is 44.7 Å². The van der Waals surface area contributed by atoms with E-state index in [0.717, 1.165) is 40.9 Å². The largest absolute Gasteiger partial charge is 0.336 e. The summed E-state index contributed by atoms with van der Waals surface area (Å²) in [6.07, 6.45) is 4.34. The Kier molecular flexibility index (Phi) is 2.24. The van der Waals surface area contributed by atoms with Crippen molar-refractivity contribution in [2.75, 3.05) is 0 Å². The third kappa shape index (κ3) is 1.67. The molecule has 1 saturated carbocycles. The number of nitrogens with zero attached hydrogens (tertiary/aromatic N) is 2. The number of fused-ring (bicyclic) bond motifs is 4. The first-order valence-corrected chi connectivity index (χ1v) is 6.75. The van der Waals surface area contributed by atoms with Crippen LogP contribution in [0.1, 0.15) is 31.2 Å². The molecular formula is C15H15N3O. The standard InChI is InChI=1S/C15H15N3O/c1-9-6-7-11-10(8-9)14-15(17-11)19-18-13-5-3-2-4-12(13)16-14/h6-8,17H,2-5H2,1H3. The van der Waals surface area contributed by atoms with Crippen molar-refractivity contribution in [3.63, 3.8) is 0 Å². The molecule has 1 aliphatic carbocycles. The summed E-state index contributed by atoms with van der Waals surface area (Å²) in [5.74, 6) is 0.662. The molecule has 2 aromatic rings. The van der Waals surface area contributed by atoms with Gasteiger partial charge < -0.3 is 9.82 Å². The van der Waals surface area contributed by atoms with Gasteiger partial charge in [0.2, 0.25) is 0 Å². The predicted molar refractivity (Wildman–Crippen MR) is 76.7 cm³/mol. The van der Waals surface area contributed by atoms with E-state index in [0.29, 0.717) is 5.88 Å². The number of oxime groups is 1. The summed E-state index contributed by atoms with van der Waals surface area (Å²) in [4.78, 5) is 13.6. The molecule has 1 aromatic carbocycles. The first kappa shape index (κ1) is 10.8. The van der Waals surface area contributed by atoms with E-state index in [1.165, 1.54) is 18.4 Å². The molecule has 0 bridgehead atoms. The SMILES string of the molecule is Cc1ccc2[nH]c3c(c2c1)N=C1CCCCC1=NO3. The third-order valence-electron chi connectivity index (χ3n) is 3.80. The highest BCUT2D eigenvalue weighted by Gasteiger charge is 2.22. The van der Waals surface area contributed by atoms with Crippen LogP contribution in [-0.4, -0.2) is 16.4 Å². The van der Waals surface area contributed by atoms with Crippen LogP contribution in [-0.2, 0) is 0 Å². The number of hydrogen-bond donors (Lipinski definition) is 1. The fourth-order valence-electron chi connectivity index (χ4n) is 2.77. The molecule has 96 valence electrons. The van der Waals surface area contributed by atoms with Crippen LogP contribution in [0, 0.1) is 6.92 Å². The molecule has 0 atom stereocenters. The van der Waals surface area contributed by atoms with Crippen LogP contribution in [0.25, 0.3) is 10.9 Å². The van der Waals surface area contributed by atoms with Crippen LogP contribution in [0.2, 0.25) is 0 Å².